The van der Waals surface area contributed by atoms with Gasteiger partial charge in [0, 0.05) is 17.1 Å². The van der Waals surface area contributed by atoms with E-state index in [-0.39, 0.29) is 0 Å². The van der Waals surface area contributed by atoms with Gasteiger partial charge in [-0.15, -0.1) is 0 Å². The van der Waals surface area contributed by atoms with Gasteiger partial charge in [-0.25, -0.2) is 0 Å². The summed E-state index contributed by atoms with van der Waals surface area (Å²) < 4.78 is 0. The quantitative estimate of drug-likeness (QED) is 0.635. The van der Waals surface area contributed by atoms with Crippen LogP contribution in [-0.4, -0.2) is 28.1 Å². The molecule has 0 amide bonds. The number of carbonyl (C=O) groups is 4. The number of aromatic amines is 1. The van der Waals surface area contributed by atoms with Crippen LogP contribution >= 0.6 is 0 Å². The number of aromatic nitrogens is 1. The molecule has 0 unspecified atom stereocenters. The summed E-state index contributed by atoms with van der Waals surface area (Å²) in [5.74, 6) is -4.46. The number of benzene rings is 1. The number of aryl methyl sites for hydroxylation is 2. The van der Waals surface area contributed by atoms with Gasteiger partial charge in [-0.3, -0.25) is 19.2 Å². The fourth-order valence-corrected chi connectivity index (χ4v) is 2.75. The summed E-state index contributed by atoms with van der Waals surface area (Å²) in [4.78, 5) is 50.3. The zero-order valence-electron chi connectivity index (χ0n) is 11.6. The summed E-state index contributed by atoms with van der Waals surface area (Å²) in [6.07, 6.45) is 0.943. The molecule has 1 aromatic heterocycles. The molecule has 21 heavy (non-hydrogen) atoms. The van der Waals surface area contributed by atoms with Crippen molar-refractivity contribution in [1.82, 2.24) is 4.98 Å². The first-order valence-corrected chi connectivity index (χ1v) is 6.63. The maximum Gasteiger partial charge on any atom is 0.214 e. The molecule has 5 nitrogen and oxygen atoms in total. The van der Waals surface area contributed by atoms with E-state index < -0.39 is 35.5 Å². The summed E-state index contributed by atoms with van der Waals surface area (Å²) >= 11 is 0. The Labute approximate surface area is 120 Å². The van der Waals surface area contributed by atoms with Crippen LogP contribution in [-0.2, 0) is 19.2 Å². The third-order valence-electron chi connectivity index (χ3n) is 4.12. The highest BCUT2D eigenvalue weighted by Gasteiger charge is 2.43. The van der Waals surface area contributed by atoms with Crippen molar-refractivity contribution in [1.29, 1.82) is 0 Å². The SMILES string of the molecule is Cc1ccc2c(C3C(=O)C(=O)CC(=O)C3=O)c[nH]c2c1C. The molecule has 1 aromatic carbocycles. The Bertz CT molecular complexity index is 802. The molecule has 1 saturated carbocycles. The average molecular weight is 283 g/mol. The molecule has 106 valence electrons. The second kappa shape index (κ2) is 4.48. The predicted molar refractivity (Wildman–Crippen MR) is 75.2 cm³/mol. The van der Waals surface area contributed by atoms with Crippen molar-refractivity contribution >= 4 is 34.0 Å². The van der Waals surface area contributed by atoms with E-state index >= 15 is 0 Å². The monoisotopic (exact) mass is 283 g/mol. The number of hydrogen-bond acceptors (Lipinski definition) is 4. The number of hydrogen-bond donors (Lipinski definition) is 1. The van der Waals surface area contributed by atoms with Crippen molar-refractivity contribution in [2.24, 2.45) is 0 Å². The highest BCUT2D eigenvalue weighted by atomic mass is 16.2. The Morgan fingerprint density at radius 3 is 2.24 bits per heavy atom. The number of H-pyrrole nitrogens is 1. The number of nitrogens with one attached hydrogen (secondary N) is 1. The molecule has 0 aliphatic heterocycles. The zero-order valence-corrected chi connectivity index (χ0v) is 11.6. The largest absolute Gasteiger partial charge is 0.361 e. The summed E-state index contributed by atoms with van der Waals surface area (Å²) in [7, 11) is 0. The minimum absolute atomic E-state index is 0.407. The van der Waals surface area contributed by atoms with Crippen LogP contribution in [0.1, 0.15) is 29.0 Å². The average Bonchev–Trinajstić information content (AvgIpc) is 2.86. The minimum atomic E-state index is -1.30. The lowest BCUT2D eigenvalue weighted by Crippen LogP contribution is -2.40. The van der Waals surface area contributed by atoms with Gasteiger partial charge in [-0.1, -0.05) is 12.1 Å². The first-order chi connectivity index (χ1) is 9.91. The molecule has 5 heteroatoms. The van der Waals surface area contributed by atoms with E-state index in [2.05, 4.69) is 4.98 Å². The van der Waals surface area contributed by atoms with E-state index in [4.69, 9.17) is 0 Å². The Kier molecular flexibility index (Phi) is 2.86. The van der Waals surface area contributed by atoms with Gasteiger partial charge in [-0.2, -0.15) is 0 Å². The van der Waals surface area contributed by atoms with Crippen molar-refractivity contribution in [3.05, 3.63) is 35.0 Å². The van der Waals surface area contributed by atoms with Crippen LogP contribution < -0.4 is 0 Å². The van der Waals surface area contributed by atoms with E-state index in [1.54, 1.807) is 12.3 Å². The number of Topliss-reactive ketones (excluding diaryl/α,β-unsaturated/α-hetero) is 4. The topological polar surface area (TPSA) is 84.1 Å². The first-order valence-electron chi connectivity index (χ1n) is 6.63. The number of carbonyl (C=O) groups excluding carboxylic acids is 4. The molecule has 3 rings (SSSR count). The van der Waals surface area contributed by atoms with Crippen molar-refractivity contribution in [3.8, 4) is 0 Å². The molecule has 0 saturated heterocycles. The van der Waals surface area contributed by atoms with Crippen LogP contribution in [0.4, 0.5) is 0 Å². The molecular weight excluding hydrogens is 270 g/mol. The lowest BCUT2D eigenvalue weighted by Gasteiger charge is -2.17. The second-order valence-electron chi connectivity index (χ2n) is 5.36. The van der Waals surface area contributed by atoms with Crippen molar-refractivity contribution in [2.45, 2.75) is 26.2 Å². The lowest BCUT2D eigenvalue weighted by atomic mass is 9.80. The highest BCUT2D eigenvalue weighted by Crippen LogP contribution is 2.32. The summed E-state index contributed by atoms with van der Waals surface area (Å²) in [5, 5.41) is 0.701. The van der Waals surface area contributed by atoms with E-state index in [1.165, 1.54) is 0 Å². The summed E-state index contributed by atoms with van der Waals surface area (Å²) in [6, 6.07) is 3.68. The van der Waals surface area contributed by atoms with E-state index in [9.17, 15) is 19.2 Å². The Hall–Kier alpha value is -2.56. The van der Waals surface area contributed by atoms with Gasteiger partial charge in [0.15, 0.2) is 0 Å². The lowest BCUT2D eigenvalue weighted by molar-refractivity contribution is -0.149. The maximum atomic E-state index is 12.0. The number of rotatable bonds is 1. The number of fused-ring (bicyclic) bond motifs is 1. The predicted octanol–water partition coefficient (Wildman–Crippen LogP) is 1.55. The third kappa shape index (κ3) is 1.85. The Morgan fingerprint density at radius 2 is 1.62 bits per heavy atom. The third-order valence-corrected chi connectivity index (χ3v) is 4.12. The van der Waals surface area contributed by atoms with E-state index in [0.717, 1.165) is 16.6 Å². The van der Waals surface area contributed by atoms with Crippen LogP contribution in [0.25, 0.3) is 10.9 Å². The molecule has 1 fully saturated rings. The van der Waals surface area contributed by atoms with Gasteiger partial charge in [0.25, 0.3) is 0 Å². The molecule has 1 aliphatic carbocycles. The summed E-state index contributed by atoms with van der Waals surface area (Å²) in [6.45, 7) is 3.89. The Morgan fingerprint density at radius 1 is 1.00 bits per heavy atom. The van der Waals surface area contributed by atoms with Crippen LogP contribution in [0.3, 0.4) is 0 Å². The molecule has 1 heterocycles. The van der Waals surface area contributed by atoms with Crippen LogP contribution in [0.5, 0.6) is 0 Å². The van der Waals surface area contributed by atoms with E-state index in [1.807, 2.05) is 19.9 Å². The van der Waals surface area contributed by atoms with Crippen LogP contribution in [0.2, 0.25) is 0 Å². The first kappa shape index (κ1) is 13.4. The second-order valence-corrected chi connectivity index (χ2v) is 5.36. The molecule has 0 spiro atoms. The summed E-state index contributed by atoms with van der Waals surface area (Å²) in [5.41, 5.74) is 3.30. The van der Waals surface area contributed by atoms with E-state index in [0.29, 0.717) is 10.9 Å². The fraction of sp³-hybridized carbons (Fsp3) is 0.250. The molecule has 0 bridgehead atoms. The van der Waals surface area contributed by atoms with Gasteiger partial charge >= 0.3 is 0 Å². The molecule has 1 N–H and O–H groups in total. The van der Waals surface area contributed by atoms with Crippen molar-refractivity contribution < 1.29 is 19.2 Å². The minimum Gasteiger partial charge on any atom is -0.361 e. The standard InChI is InChI=1S/C16H13NO4/c1-7-3-4-9-10(6-17-14(9)8(7)2)13-15(20)11(18)5-12(19)16(13)21/h3-4,6,13,17H,5H2,1-2H3. The van der Waals surface area contributed by atoms with Gasteiger partial charge in [0.2, 0.25) is 23.1 Å². The van der Waals surface area contributed by atoms with Crippen molar-refractivity contribution in [2.75, 3.05) is 0 Å². The van der Waals surface area contributed by atoms with Gasteiger partial charge in [-0.05, 0) is 30.5 Å². The molecule has 2 aromatic rings. The Balaban J connectivity index is 2.22. The van der Waals surface area contributed by atoms with Crippen LogP contribution in [0, 0.1) is 13.8 Å². The van der Waals surface area contributed by atoms with Gasteiger partial charge in [0.05, 0.1) is 6.42 Å². The molecule has 0 radical (unpaired) electrons. The van der Waals surface area contributed by atoms with Crippen molar-refractivity contribution in [3.63, 3.8) is 0 Å². The maximum absolute atomic E-state index is 12.0. The highest BCUT2D eigenvalue weighted by molar-refractivity contribution is 6.61. The zero-order chi connectivity index (χ0) is 15.3. The molecular formula is C16H13NO4. The fourth-order valence-electron chi connectivity index (χ4n) is 2.75. The smallest absolute Gasteiger partial charge is 0.214 e. The van der Waals surface area contributed by atoms with Gasteiger partial charge in [0.1, 0.15) is 5.92 Å². The number of ketones is 4. The normalized spacial score (nSPS) is 17.0. The van der Waals surface area contributed by atoms with Gasteiger partial charge < -0.3 is 4.98 Å². The van der Waals surface area contributed by atoms with Crippen LogP contribution in [0.15, 0.2) is 18.3 Å². The molecule has 1 aliphatic rings. The molecule has 0 atom stereocenters.